The Labute approximate surface area is 250 Å². The van der Waals surface area contributed by atoms with Crippen molar-refractivity contribution in [3.63, 3.8) is 0 Å². The fourth-order valence-electron chi connectivity index (χ4n) is 5.42. The lowest BCUT2D eigenvalue weighted by molar-refractivity contribution is -0.140. The van der Waals surface area contributed by atoms with E-state index in [1.165, 1.54) is 29.8 Å². The smallest absolute Gasteiger partial charge is 0.419 e. The number of hydrogen-bond acceptors (Lipinski definition) is 9. The molecule has 1 atom stereocenters. The van der Waals surface area contributed by atoms with Crippen LogP contribution in [0, 0.1) is 5.82 Å². The molecule has 0 amide bonds. The lowest BCUT2D eigenvalue weighted by Gasteiger charge is -2.34. The van der Waals surface area contributed by atoms with Crippen LogP contribution in [0.4, 0.5) is 23.4 Å². The molecule has 2 aliphatic rings. The number of benzene rings is 1. The van der Waals surface area contributed by atoms with Crippen LogP contribution in [0.2, 0.25) is 0 Å². The van der Waals surface area contributed by atoms with Crippen molar-refractivity contribution in [2.24, 2.45) is 0 Å². The van der Waals surface area contributed by atoms with Gasteiger partial charge in [-0.15, -0.1) is 11.3 Å². The monoisotopic (exact) mass is 620 g/mol. The summed E-state index contributed by atoms with van der Waals surface area (Å²) in [6.45, 7) is 6.60. The van der Waals surface area contributed by atoms with Gasteiger partial charge in [-0.2, -0.15) is 13.2 Å². The predicted octanol–water partition coefficient (Wildman–Crippen LogP) is 4.76. The predicted molar refractivity (Wildman–Crippen MR) is 153 cm³/mol. The van der Waals surface area contributed by atoms with Crippen molar-refractivity contribution in [1.82, 2.24) is 24.8 Å². The maximum atomic E-state index is 14.0. The van der Waals surface area contributed by atoms with Gasteiger partial charge in [0, 0.05) is 55.8 Å². The van der Waals surface area contributed by atoms with Gasteiger partial charge in [0.2, 0.25) is 0 Å². The molecular formula is C29H32F4N6O3S. The van der Waals surface area contributed by atoms with Crippen molar-refractivity contribution in [2.75, 3.05) is 44.2 Å². The fourth-order valence-corrected chi connectivity index (χ4v) is 6.54. The molecule has 5 rings (SSSR count). The van der Waals surface area contributed by atoms with Crippen LogP contribution in [-0.4, -0.2) is 86.9 Å². The quantitative estimate of drug-likeness (QED) is 0.254. The van der Waals surface area contributed by atoms with E-state index in [-0.39, 0.29) is 29.9 Å². The van der Waals surface area contributed by atoms with Gasteiger partial charge in [-0.05, 0) is 44.5 Å². The molecule has 0 aliphatic carbocycles. The van der Waals surface area contributed by atoms with Crippen molar-refractivity contribution in [3.05, 3.63) is 57.6 Å². The second-order valence-electron chi connectivity index (χ2n) is 10.9. The van der Waals surface area contributed by atoms with Gasteiger partial charge in [0.1, 0.15) is 22.3 Å². The van der Waals surface area contributed by atoms with Crippen LogP contribution in [0.3, 0.4) is 0 Å². The van der Waals surface area contributed by atoms with Gasteiger partial charge in [0.15, 0.2) is 5.78 Å². The molecule has 2 aliphatic heterocycles. The van der Waals surface area contributed by atoms with Crippen molar-refractivity contribution < 1.29 is 32.3 Å². The van der Waals surface area contributed by atoms with Crippen molar-refractivity contribution in [3.8, 4) is 11.3 Å². The molecule has 0 radical (unpaired) electrons. The number of halogens is 4. The third kappa shape index (κ3) is 7.54. The standard InChI is InChI=1S/C29H32F4N6O3S/c1-18-3-2-7-39(18)17-24-28(19-4-5-21(30)20(13-19)29(31,32)33)36-26(43-24)14-23(40)22-15-35-25(16-34-22)38-11-9-37(10-12-38)8-6-27(41)42/h4-5,13,15-16,18H,2-3,6-12,14,17H2,1H3,(H,41,42)/t18-/m1/s1. The molecule has 230 valence electrons. The molecule has 0 spiro atoms. The molecule has 9 nitrogen and oxygen atoms in total. The van der Waals surface area contributed by atoms with E-state index >= 15 is 0 Å². The van der Waals surface area contributed by atoms with Crippen LogP contribution in [0.25, 0.3) is 11.3 Å². The number of piperazine rings is 1. The van der Waals surface area contributed by atoms with Crippen LogP contribution in [0.1, 0.15) is 52.1 Å². The summed E-state index contributed by atoms with van der Waals surface area (Å²) >= 11 is 1.27. The number of ketones is 1. The number of likely N-dealkylation sites (tertiary alicyclic amines) is 1. The summed E-state index contributed by atoms with van der Waals surface area (Å²) in [5.41, 5.74) is -0.733. The highest BCUT2D eigenvalue weighted by Crippen LogP contribution is 2.37. The summed E-state index contributed by atoms with van der Waals surface area (Å²) in [4.78, 5) is 44.3. The highest BCUT2D eigenvalue weighted by atomic mass is 32.1. The minimum Gasteiger partial charge on any atom is -0.481 e. The van der Waals surface area contributed by atoms with Gasteiger partial charge in [-0.25, -0.2) is 19.3 Å². The number of hydrogen-bond donors (Lipinski definition) is 1. The molecule has 2 saturated heterocycles. The number of carboxylic acid groups (broad SMARTS) is 1. The van der Waals surface area contributed by atoms with Crippen molar-refractivity contribution in [2.45, 2.75) is 51.4 Å². The SMILES string of the molecule is C[C@@H]1CCCN1Cc1sc(CC(=O)c2cnc(N3CCN(CCC(=O)O)CC3)cn2)nc1-c1ccc(F)c(C(F)(F)F)c1. The van der Waals surface area contributed by atoms with Crippen LogP contribution in [0.5, 0.6) is 0 Å². The van der Waals surface area contributed by atoms with Gasteiger partial charge in [0.05, 0.1) is 36.5 Å². The highest BCUT2D eigenvalue weighted by molar-refractivity contribution is 7.12. The average Bonchev–Trinajstić information content (AvgIpc) is 3.57. The molecule has 43 heavy (non-hydrogen) atoms. The second kappa shape index (κ2) is 13.0. The molecule has 14 heteroatoms. The number of aromatic nitrogens is 3. The van der Waals surface area contributed by atoms with Gasteiger partial charge in [-0.3, -0.25) is 19.4 Å². The second-order valence-corrected chi connectivity index (χ2v) is 12.0. The zero-order valence-electron chi connectivity index (χ0n) is 23.6. The first-order valence-corrected chi connectivity index (χ1v) is 14.9. The summed E-state index contributed by atoms with van der Waals surface area (Å²) in [6, 6.07) is 3.18. The summed E-state index contributed by atoms with van der Waals surface area (Å²) in [5, 5.41) is 9.31. The number of nitrogens with zero attached hydrogens (tertiary/aromatic N) is 6. The largest absolute Gasteiger partial charge is 0.481 e. The van der Waals surface area contributed by atoms with E-state index in [1.54, 1.807) is 0 Å². The Kier molecular flexibility index (Phi) is 9.37. The summed E-state index contributed by atoms with van der Waals surface area (Å²) < 4.78 is 54.4. The third-order valence-corrected chi connectivity index (χ3v) is 8.94. The molecule has 3 aromatic rings. The van der Waals surface area contributed by atoms with E-state index in [0.717, 1.165) is 36.4 Å². The fraction of sp³-hybridized carbons (Fsp3) is 0.483. The van der Waals surface area contributed by atoms with Crippen LogP contribution in [-0.2, 0) is 23.9 Å². The number of Topliss-reactive ketones (excluding diaryl/α,β-unsaturated/α-hetero) is 1. The van der Waals surface area contributed by atoms with Crippen LogP contribution in [0.15, 0.2) is 30.6 Å². The van der Waals surface area contributed by atoms with Crippen molar-refractivity contribution in [1.29, 1.82) is 0 Å². The Bertz CT molecular complexity index is 1460. The first-order chi connectivity index (χ1) is 20.5. The number of carbonyl (C=O) groups excluding carboxylic acids is 1. The van der Waals surface area contributed by atoms with E-state index in [1.807, 2.05) is 4.90 Å². The van der Waals surface area contributed by atoms with Crippen LogP contribution < -0.4 is 4.90 Å². The number of carboxylic acids is 1. The third-order valence-electron chi connectivity index (χ3n) is 7.90. The molecule has 2 aromatic heterocycles. The highest BCUT2D eigenvalue weighted by Gasteiger charge is 2.35. The summed E-state index contributed by atoms with van der Waals surface area (Å²) in [7, 11) is 0. The van der Waals surface area contributed by atoms with E-state index in [2.05, 4.69) is 31.7 Å². The lowest BCUT2D eigenvalue weighted by atomic mass is 10.1. The number of aliphatic carboxylic acids is 1. The van der Waals surface area contributed by atoms with Gasteiger partial charge >= 0.3 is 12.1 Å². The normalized spacial score (nSPS) is 18.3. The number of thiazole rings is 1. The number of carbonyl (C=O) groups is 2. The zero-order valence-corrected chi connectivity index (χ0v) is 24.4. The molecule has 0 saturated carbocycles. The van der Waals surface area contributed by atoms with E-state index < -0.39 is 23.5 Å². The Balaban J connectivity index is 1.31. The Morgan fingerprint density at radius 2 is 1.86 bits per heavy atom. The topological polar surface area (TPSA) is 103 Å². The number of anilines is 1. The Morgan fingerprint density at radius 1 is 1.09 bits per heavy atom. The molecule has 4 heterocycles. The van der Waals surface area contributed by atoms with Crippen LogP contribution >= 0.6 is 11.3 Å². The van der Waals surface area contributed by atoms with E-state index in [4.69, 9.17) is 5.11 Å². The maximum absolute atomic E-state index is 14.0. The van der Waals surface area contributed by atoms with E-state index in [0.29, 0.717) is 61.8 Å². The minimum atomic E-state index is -4.85. The molecule has 2 fully saturated rings. The lowest BCUT2D eigenvalue weighted by Crippen LogP contribution is -2.47. The first kappa shape index (κ1) is 31.0. The molecule has 0 bridgehead atoms. The van der Waals surface area contributed by atoms with Crippen molar-refractivity contribution >= 4 is 28.9 Å². The summed E-state index contributed by atoms with van der Waals surface area (Å²) in [6.07, 6.45) is 0.118. The number of alkyl halides is 3. The molecular weight excluding hydrogens is 588 g/mol. The van der Waals surface area contributed by atoms with E-state index in [9.17, 15) is 27.2 Å². The first-order valence-electron chi connectivity index (χ1n) is 14.1. The zero-order chi connectivity index (χ0) is 30.7. The Hall–Kier alpha value is -3.49. The number of rotatable bonds is 10. The molecule has 1 aromatic carbocycles. The van der Waals surface area contributed by atoms with Gasteiger partial charge < -0.3 is 10.0 Å². The van der Waals surface area contributed by atoms with Gasteiger partial charge in [0.25, 0.3) is 0 Å². The molecule has 0 unspecified atom stereocenters. The Morgan fingerprint density at radius 3 is 2.49 bits per heavy atom. The average molecular weight is 621 g/mol. The molecule has 1 N–H and O–H groups in total. The minimum absolute atomic E-state index is 0.0918. The van der Waals surface area contributed by atoms with Gasteiger partial charge in [-0.1, -0.05) is 0 Å². The maximum Gasteiger partial charge on any atom is 0.419 e. The summed E-state index contributed by atoms with van der Waals surface area (Å²) in [5.74, 6) is -1.89.